The molecule has 0 aliphatic heterocycles. The highest BCUT2D eigenvalue weighted by Crippen LogP contribution is 2.01. The molecule has 3 atom stereocenters. The lowest BCUT2D eigenvalue weighted by molar-refractivity contribution is -0.142. The van der Waals surface area contributed by atoms with E-state index < -0.39 is 60.8 Å². The highest BCUT2D eigenvalue weighted by molar-refractivity contribution is 7.80. The van der Waals surface area contributed by atoms with Gasteiger partial charge in [-0.15, -0.1) is 0 Å². The molecule has 0 radical (unpaired) electrons. The minimum atomic E-state index is -1.46. The first kappa shape index (κ1) is 25.6. The van der Waals surface area contributed by atoms with E-state index in [2.05, 4.69) is 28.6 Å². The van der Waals surface area contributed by atoms with Crippen molar-refractivity contribution in [3.05, 3.63) is 0 Å². The average molecular weight is 421 g/mol. The Bertz CT molecular complexity index is 575. The molecule has 3 unspecified atom stereocenters. The highest BCUT2D eigenvalue weighted by atomic mass is 32.1. The summed E-state index contributed by atoms with van der Waals surface area (Å²) in [5.41, 5.74) is 10.8. The second-order valence-corrected chi connectivity index (χ2v) is 6.27. The first-order chi connectivity index (χ1) is 13.1. The molecule has 0 spiro atoms. The third kappa shape index (κ3) is 10.7. The zero-order chi connectivity index (χ0) is 21.7. The highest BCUT2D eigenvalue weighted by Gasteiger charge is 2.26. The summed E-state index contributed by atoms with van der Waals surface area (Å²) in [4.78, 5) is 57.7. The second kappa shape index (κ2) is 13.7. The number of carbonyl (C=O) groups is 5. The van der Waals surface area contributed by atoms with Gasteiger partial charge in [0.15, 0.2) is 0 Å². The van der Waals surface area contributed by atoms with E-state index in [4.69, 9.17) is 21.7 Å². The Kier molecular flexibility index (Phi) is 12.6. The second-order valence-electron chi connectivity index (χ2n) is 5.91. The minimum absolute atomic E-state index is 0.0175. The van der Waals surface area contributed by atoms with E-state index in [0.717, 1.165) is 0 Å². The largest absolute Gasteiger partial charge is 0.481 e. The zero-order valence-electron chi connectivity index (χ0n) is 15.2. The molecule has 0 aromatic carbocycles. The summed E-state index contributed by atoms with van der Waals surface area (Å²) < 4.78 is 0. The van der Waals surface area contributed by atoms with E-state index in [1.165, 1.54) is 0 Å². The number of unbranched alkanes of at least 4 members (excludes halogenated alkanes) is 1. The number of hydrogen-bond acceptors (Lipinski definition) is 8. The lowest BCUT2D eigenvalue weighted by atomic mass is 10.1. The fourth-order valence-corrected chi connectivity index (χ4v) is 2.20. The number of aliphatic carboxylic acids is 2. The summed E-state index contributed by atoms with van der Waals surface area (Å²) in [6, 6.07) is -3.64. The van der Waals surface area contributed by atoms with Crippen molar-refractivity contribution < 1.29 is 34.2 Å². The monoisotopic (exact) mass is 421 g/mol. The zero-order valence-corrected chi connectivity index (χ0v) is 16.1. The predicted molar refractivity (Wildman–Crippen MR) is 101 cm³/mol. The molecule has 28 heavy (non-hydrogen) atoms. The van der Waals surface area contributed by atoms with Crippen LogP contribution < -0.4 is 27.4 Å². The summed E-state index contributed by atoms with van der Waals surface area (Å²) in [5.74, 6) is -5.07. The molecule has 0 aliphatic carbocycles. The number of nitrogens with two attached hydrogens (primary N) is 2. The molecule has 3 amide bonds. The predicted octanol–water partition coefficient (Wildman–Crippen LogP) is -2.98. The van der Waals surface area contributed by atoms with Crippen LogP contribution in [0.2, 0.25) is 0 Å². The van der Waals surface area contributed by atoms with Crippen LogP contribution in [-0.4, -0.2) is 76.8 Å². The molecule has 160 valence electrons. The molecular formula is C15H27N5O7S. The molecule has 13 heteroatoms. The van der Waals surface area contributed by atoms with Crippen molar-refractivity contribution in [2.45, 2.75) is 43.8 Å². The van der Waals surface area contributed by atoms with Crippen LogP contribution in [0.3, 0.4) is 0 Å². The molecule has 0 aromatic heterocycles. The number of nitrogens with one attached hydrogen (secondary N) is 3. The van der Waals surface area contributed by atoms with Crippen LogP contribution in [0.5, 0.6) is 0 Å². The Morgan fingerprint density at radius 2 is 1.61 bits per heavy atom. The molecule has 0 saturated carbocycles. The maximum absolute atomic E-state index is 12.1. The van der Waals surface area contributed by atoms with E-state index in [1.54, 1.807) is 0 Å². The first-order valence-corrected chi connectivity index (χ1v) is 9.14. The normalized spacial score (nSPS) is 13.7. The van der Waals surface area contributed by atoms with Crippen LogP contribution in [0.4, 0.5) is 0 Å². The van der Waals surface area contributed by atoms with Crippen LogP contribution >= 0.6 is 12.6 Å². The Balaban J connectivity index is 4.71. The Morgan fingerprint density at radius 1 is 0.964 bits per heavy atom. The van der Waals surface area contributed by atoms with Crippen molar-refractivity contribution in [3.8, 4) is 0 Å². The summed E-state index contributed by atoms with van der Waals surface area (Å²) >= 11 is 3.84. The smallest absolute Gasteiger partial charge is 0.326 e. The molecule has 0 saturated heterocycles. The van der Waals surface area contributed by atoms with Gasteiger partial charge < -0.3 is 37.6 Å². The van der Waals surface area contributed by atoms with E-state index >= 15 is 0 Å². The van der Waals surface area contributed by atoms with Gasteiger partial charge in [-0.05, 0) is 25.8 Å². The molecule has 12 nitrogen and oxygen atoms in total. The van der Waals surface area contributed by atoms with Crippen molar-refractivity contribution in [2.75, 3.05) is 18.8 Å². The quantitative estimate of drug-likeness (QED) is 0.106. The van der Waals surface area contributed by atoms with Crippen LogP contribution in [0, 0.1) is 0 Å². The topological polar surface area (TPSA) is 214 Å². The third-order valence-electron chi connectivity index (χ3n) is 3.55. The van der Waals surface area contributed by atoms with E-state index in [-0.39, 0.29) is 12.2 Å². The number of hydrogen-bond donors (Lipinski definition) is 8. The van der Waals surface area contributed by atoms with Crippen molar-refractivity contribution >= 4 is 42.3 Å². The maximum atomic E-state index is 12.1. The molecule has 0 aliphatic rings. The van der Waals surface area contributed by atoms with Crippen LogP contribution in [0.1, 0.15) is 25.7 Å². The fourth-order valence-electron chi connectivity index (χ4n) is 2.03. The number of amides is 3. The van der Waals surface area contributed by atoms with Gasteiger partial charge in [0, 0.05) is 5.75 Å². The van der Waals surface area contributed by atoms with Crippen molar-refractivity contribution in [1.29, 1.82) is 0 Å². The number of thiol groups is 1. The van der Waals surface area contributed by atoms with Crippen molar-refractivity contribution in [1.82, 2.24) is 16.0 Å². The van der Waals surface area contributed by atoms with E-state index in [1.807, 2.05) is 0 Å². The van der Waals surface area contributed by atoms with Gasteiger partial charge in [-0.3, -0.25) is 19.2 Å². The average Bonchev–Trinajstić information content (AvgIpc) is 2.63. The Hall–Kier alpha value is -2.38. The molecule has 9 N–H and O–H groups in total. The van der Waals surface area contributed by atoms with Gasteiger partial charge in [-0.1, -0.05) is 0 Å². The van der Waals surface area contributed by atoms with Gasteiger partial charge in [-0.25, -0.2) is 4.79 Å². The Morgan fingerprint density at radius 3 is 2.11 bits per heavy atom. The Labute approximate surface area is 167 Å². The molecule has 0 heterocycles. The fraction of sp³-hybridized carbons (Fsp3) is 0.667. The van der Waals surface area contributed by atoms with E-state index in [9.17, 15) is 24.0 Å². The summed E-state index contributed by atoms with van der Waals surface area (Å²) in [5, 5.41) is 24.6. The van der Waals surface area contributed by atoms with Gasteiger partial charge in [0.2, 0.25) is 17.7 Å². The lowest BCUT2D eigenvalue weighted by Gasteiger charge is -2.19. The van der Waals surface area contributed by atoms with Crippen LogP contribution in [0.25, 0.3) is 0 Å². The molecule has 0 fully saturated rings. The van der Waals surface area contributed by atoms with Crippen molar-refractivity contribution in [2.24, 2.45) is 11.5 Å². The van der Waals surface area contributed by atoms with Crippen LogP contribution in [0.15, 0.2) is 0 Å². The first-order valence-electron chi connectivity index (χ1n) is 8.50. The lowest BCUT2D eigenvalue weighted by Crippen LogP contribution is -2.54. The minimum Gasteiger partial charge on any atom is -0.481 e. The summed E-state index contributed by atoms with van der Waals surface area (Å²) in [7, 11) is 0. The maximum Gasteiger partial charge on any atom is 0.326 e. The third-order valence-corrected chi connectivity index (χ3v) is 3.94. The van der Waals surface area contributed by atoms with Gasteiger partial charge >= 0.3 is 11.9 Å². The standard InChI is InChI=1S/C15H27N5O7S/c16-4-2-1-3-9(15(26)27)19-11(21)6-18-14(25)10(5-12(22)23)20-13(24)8(17)7-28/h8-10,28H,1-7,16-17H2,(H,18,25)(H,19,21)(H,20,24)(H,22,23)(H,26,27). The summed E-state index contributed by atoms with van der Waals surface area (Å²) in [6.07, 6.45) is 0.542. The number of carbonyl (C=O) groups excluding carboxylic acids is 3. The molecule has 0 rings (SSSR count). The molecular weight excluding hydrogens is 394 g/mol. The van der Waals surface area contributed by atoms with Gasteiger partial charge in [-0.2, -0.15) is 12.6 Å². The van der Waals surface area contributed by atoms with Gasteiger partial charge in [0.25, 0.3) is 0 Å². The number of carboxylic acids is 2. The number of rotatable bonds is 14. The number of carboxylic acid groups (broad SMARTS) is 2. The van der Waals surface area contributed by atoms with E-state index in [0.29, 0.717) is 19.4 Å². The van der Waals surface area contributed by atoms with Crippen molar-refractivity contribution in [3.63, 3.8) is 0 Å². The van der Waals surface area contributed by atoms with Gasteiger partial charge in [0.1, 0.15) is 12.1 Å². The summed E-state index contributed by atoms with van der Waals surface area (Å²) in [6.45, 7) is -0.200. The molecule has 0 aromatic rings. The SMILES string of the molecule is NCCCCC(NC(=O)CNC(=O)C(CC(=O)O)NC(=O)C(N)CS)C(=O)O. The van der Waals surface area contributed by atoms with Crippen LogP contribution in [-0.2, 0) is 24.0 Å². The molecule has 0 bridgehead atoms. The van der Waals surface area contributed by atoms with Gasteiger partial charge in [0.05, 0.1) is 19.0 Å².